The van der Waals surface area contributed by atoms with Gasteiger partial charge in [0.05, 0.1) is 11.1 Å². The van der Waals surface area contributed by atoms with Crippen LogP contribution in [-0.4, -0.2) is 45.5 Å². The number of aromatic nitrogens is 2. The smallest absolute Gasteiger partial charge is 0.272 e. The maximum Gasteiger partial charge on any atom is 0.272 e. The van der Waals surface area contributed by atoms with Crippen LogP contribution in [0.2, 0.25) is 0 Å². The summed E-state index contributed by atoms with van der Waals surface area (Å²) in [7, 11) is 1.81. The number of aryl methyl sites for hydroxylation is 2. The minimum Gasteiger partial charge on any atom is -0.336 e. The van der Waals surface area contributed by atoms with Gasteiger partial charge in [-0.25, -0.2) is 0 Å². The lowest BCUT2D eigenvalue weighted by Crippen LogP contribution is -2.37. The van der Waals surface area contributed by atoms with Gasteiger partial charge in [0.1, 0.15) is 5.69 Å². The highest BCUT2D eigenvalue weighted by molar-refractivity contribution is 6.06. The van der Waals surface area contributed by atoms with E-state index in [1.54, 1.807) is 9.58 Å². The maximum absolute atomic E-state index is 13.0. The van der Waals surface area contributed by atoms with Gasteiger partial charge in [0.25, 0.3) is 5.91 Å². The molecular formula is C16H20N4O3. The average molecular weight is 316 g/mol. The number of carbonyl (C=O) groups excluding carboxylic acids is 3. The quantitative estimate of drug-likeness (QED) is 0.749. The Kier molecular flexibility index (Phi) is 3.08. The number of hydrogen-bond acceptors (Lipinski definition) is 4. The van der Waals surface area contributed by atoms with E-state index < -0.39 is 5.41 Å². The molecule has 2 aliphatic heterocycles. The van der Waals surface area contributed by atoms with Crippen molar-refractivity contribution in [2.45, 2.75) is 38.5 Å². The first-order valence-corrected chi connectivity index (χ1v) is 8.18. The molecule has 1 N–H and O–H groups in total. The molecule has 122 valence electrons. The molecule has 1 atom stereocenters. The second kappa shape index (κ2) is 4.91. The van der Waals surface area contributed by atoms with Crippen molar-refractivity contribution >= 4 is 17.7 Å². The molecule has 0 saturated carbocycles. The first kappa shape index (κ1) is 14.4. The van der Waals surface area contributed by atoms with Crippen molar-refractivity contribution < 1.29 is 14.4 Å². The summed E-state index contributed by atoms with van der Waals surface area (Å²) < 4.78 is 1.68. The van der Waals surface area contributed by atoms with Crippen LogP contribution in [0.1, 0.15) is 47.4 Å². The van der Waals surface area contributed by atoms with Crippen molar-refractivity contribution in [2.75, 3.05) is 13.1 Å². The van der Waals surface area contributed by atoms with E-state index in [4.69, 9.17) is 0 Å². The molecule has 3 amide bonds. The normalized spacial score (nSPS) is 26.7. The molecule has 1 unspecified atom stereocenters. The maximum atomic E-state index is 13.0. The molecule has 3 heterocycles. The third-order valence-corrected chi connectivity index (χ3v) is 5.40. The number of rotatable bonds is 1. The van der Waals surface area contributed by atoms with Crippen LogP contribution in [0, 0.1) is 5.41 Å². The van der Waals surface area contributed by atoms with Crippen molar-refractivity contribution in [3.8, 4) is 0 Å². The van der Waals surface area contributed by atoms with E-state index in [1.165, 1.54) is 0 Å². The van der Waals surface area contributed by atoms with Crippen LogP contribution in [0.15, 0.2) is 0 Å². The van der Waals surface area contributed by atoms with Crippen LogP contribution in [0.25, 0.3) is 0 Å². The lowest BCUT2D eigenvalue weighted by Gasteiger charge is -2.21. The molecule has 1 aromatic rings. The summed E-state index contributed by atoms with van der Waals surface area (Å²) in [5.41, 5.74) is 2.04. The zero-order chi connectivity index (χ0) is 16.2. The number of amides is 3. The van der Waals surface area contributed by atoms with Gasteiger partial charge in [0.2, 0.25) is 11.8 Å². The summed E-state index contributed by atoms with van der Waals surface area (Å²) in [6, 6.07) is 0. The Morgan fingerprint density at radius 1 is 1.26 bits per heavy atom. The number of nitrogens with one attached hydrogen (secondary N) is 1. The number of imide groups is 1. The molecular weight excluding hydrogens is 296 g/mol. The summed E-state index contributed by atoms with van der Waals surface area (Å²) in [6.45, 7) is 0.836. The molecule has 0 bridgehead atoms. The lowest BCUT2D eigenvalue weighted by atomic mass is 9.85. The third-order valence-electron chi connectivity index (χ3n) is 5.40. The van der Waals surface area contributed by atoms with E-state index in [-0.39, 0.29) is 24.1 Å². The van der Waals surface area contributed by atoms with Gasteiger partial charge in [-0.1, -0.05) is 0 Å². The monoisotopic (exact) mass is 316 g/mol. The third kappa shape index (κ3) is 2.09. The molecule has 4 rings (SSSR count). The Labute approximate surface area is 134 Å². The van der Waals surface area contributed by atoms with Crippen LogP contribution in [-0.2, 0) is 29.5 Å². The predicted molar refractivity (Wildman–Crippen MR) is 80.6 cm³/mol. The minimum atomic E-state index is -0.717. The predicted octanol–water partition coefficient (Wildman–Crippen LogP) is 0.178. The van der Waals surface area contributed by atoms with Crippen LogP contribution in [0.5, 0.6) is 0 Å². The Morgan fingerprint density at radius 2 is 2.04 bits per heavy atom. The van der Waals surface area contributed by atoms with Gasteiger partial charge in [-0.15, -0.1) is 0 Å². The number of nitrogens with zero attached hydrogens (tertiary/aromatic N) is 3. The van der Waals surface area contributed by atoms with E-state index in [0.29, 0.717) is 25.2 Å². The highest BCUT2D eigenvalue weighted by Crippen LogP contribution is 2.38. The lowest BCUT2D eigenvalue weighted by molar-refractivity contribution is -0.128. The summed E-state index contributed by atoms with van der Waals surface area (Å²) in [5.74, 6) is -0.528. The van der Waals surface area contributed by atoms with Crippen molar-refractivity contribution in [1.82, 2.24) is 20.0 Å². The number of fused-ring (bicyclic) bond motifs is 1. The first-order chi connectivity index (χ1) is 11.0. The van der Waals surface area contributed by atoms with Gasteiger partial charge >= 0.3 is 0 Å². The fourth-order valence-corrected chi connectivity index (χ4v) is 4.16. The van der Waals surface area contributed by atoms with Gasteiger partial charge in [0, 0.05) is 32.1 Å². The van der Waals surface area contributed by atoms with Gasteiger partial charge in [-0.2, -0.15) is 5.10 Å². The topological polar surface area (TPSA) is 84.3 Å². The average Bonchev–Trinajstić information content (AvgIpc) is 3.15. The Bertz CT molecular complexity index is 723. The van der Waals surface area contributed by atoms with Crippen LogP contribution < -0.4 is 5.32 Å². The first-order valence-electron chi connectivity index (χ1n) is 8.18. The second-order valence-electron chi connectivity index (χ2n) is 6.92. The van der Waals surface area contributed by atoms with Crippen LogP contribution >= 0.6 is 0 Å². The molecule has 1 aromatic heterocycles. The fraction of sp³-hybridized carbons (Fsp3) is 0.625. The molecule has 23 heavy (non-hydrogen) atoms. The molecule has 7 heteroatoms. The van der Waals surface area contributed by atoms with Crippen molar-refractivity contribution in [2.24, 2.45) is 12.5 Å². The van der Waals surface area contributed by atoms with Crippen molar-refractivity contribution in [3.63, 3.8) is 0 Å². The SMILES string of the molecule is Cn1nc2c(c1C(=O)N1CCC3(CC(=O)NC3=O)C1)CCCC2. The number of hydrogen-bond donors (Lipinski definition) is 1. The number of likely N-dealkylation sites (tertiary alicyclic amines) is 1. The molecule has 7 nitrogen and oxygen atoms in total. The molecule has 1 spiro atoms. The Balaban J connectivity index is 1.61. The van der Waals surface area contributed by atoms with Crippen LogP contribution in [0.3, 0.4) is 0 Å². The van der Waals surface area contributed by atoms with Gasteiger partial charge in [-0.3, -0.25) is 24.4 Å². The molecule has 2 saturated heterocycles. The Morgan fingerprint density at radius 3 is 2.78 bits per heavy atom. The van der Waals surface area contributed by atoms with Crippen molar-refractivity contribution in [1.29, 1.82) is 0 Å². The summed E-state index contributed by atoms with van der Waals surface area (Å²) in [6.07, 6.45) is 4.77. The zero-order valence-electron chi connectivity index (χ0n) is 13.2. The molecule has 2 fully saturated rings. The van der Waals surface area contributed by atoms with Crippen LogP contribution in [0.4, 0.5) is 0 Å². The Hall–Kier alpha value is -2.18. The molecule has 1 aliphatic carbocycles. The highest BCUT2D eigenvalue weighted by Gasteiger charge is 2.52. The zero-order valence-corrected chi connectivity index (χ0v) is 13.2. The van der Waals surface area contributed by atoms with E-state index in [2.05, 4.69) is 10.4 Å². The van der Waals surface area contributed by atoms with E-state index in [9.17, 15) is 14.4 Å². The van der Waals surface area contributed by atoms with Crippen molar-refractivity contribution in [3.05, 3.63) is 17.0 Å². The fourth-order valence-electron chi connectivity index (χ4n) is 4.16. The highest BCUT2D eigenvalue weighted by atomic mass is 16.2. The minimum absolute atomic E-state index is 0.0628. The molecule has 0 aromatic carbocycles. The van der Waals surface area contributed by atoms with E-state index in [1.807, 2.05) is 7.05 Å². The van der Waals surface area contributed by atoms with Gasteiger partial charge in [0.15, 0.2) is 0 Å². The standard InChI is InChI=1S/C16H20N4O3/c1-19-13(10-4-2-3-5-11(10)18-19)14(22)20-7-6-16(9-20)8-12(21)17-15(16)23/h2-9H2,1H3,(H,17,21,23). The largest absolute Gasteiger partial charge is 0.336 e. The molecule has 3 aliphatic rings. The summed E-state index contributed by atoms with van der Waals surface area (Å²) in [5, 5.41) is 6.87. The number of carbonyl (C=O) groups is 3. The van der Waals surface area contributed by atoms with Gasteiger partial charge in [-0.05, 0) is 32.1 Å². The van der Waals surface area contributed by atoms with E-state index in [0.717, 1.165) is 36.9 Å². The summed E-state index contributed by atoms with van der Waals surface area (Å²) >= 11 is 0. The summed E-state index contributed by atoms with van der Waals surface area (Å²) in [4.78, 5) is 38.3. The van der Waals surface area contributed by atoms with E-state index >= 15 is 0 Å². The second-order valence-corrected chi connectivity index (χ2v) is 6.92. The molecule has 0 radical (unpaired) electrons. The van der Waals surface area contributed by atoms with Gasteiger partial charge < -0.3 is 4.90 Å².